The van der Waals surface area contributed by atoms with E-state index < -0.39 is 22.4 Å². The maximum absolute atomic E-state index is 5.08. The smallest absolute Gasteiger partial charge is 0.0736 e. The SMILES string of the molecule is [CH2-][P+](c1cc2ccccc2cc1P(C)c1cc2ccccc2cc1[P+]([CH2-])(C(C)C)C(C)C)(C(C)C)C(C)C. The van der Waals surface area contributed by atoms with Crippen LogP contribution in [0.1, 0.15) is 55.4 Å². The molecular weight excluding hydrogens is 513 g/mol. The monoisotopic (exact) mass is 560 g/mol. The summed E-state index contributed by atoms with van der Waals surface area (Å²) in [6.07, 6.45) is 0. The van der Waals surface area contributed by atoms with Crippen LogP contribution < -0.4 is 21.2 Å². The molecule has 38 heavy (non-hydrogen) atoms. The van der Waals surface area contributed by atoms with Crippen LogP contribution in [-0.2, 0) is 0 Å². The first-order valence-electron chi connectivity index (χ1n) is 14.1. The van der Waals surface area contributed by atoms with Crippen molar-refractivity contribution in [2.75, 3.05) is 6.66 Å². The molecule has 202 valence electrons. The second-order valence-electron chi connectivity index (χ2n) is 12.2. The summed E-state index contributed by atoms with van der Waals surface area (Å²) < 4.78 is 0. The maximum atomic E-state index is 5.08. The van der Waals surface area contributed by atoms with E-state index in [9.17, 15) is 0 Å². The van der Waals surface area contributed by atoms with Crippen LogP contribution in [0.3, 0.4) is 0 Å². The molecule has 0 aliphatic heterocycles. The lowest BCUT2D eigenvalue weighted by Crippen LogP contribution is -2.39. The fourth-order valence-electron chi connectivity index (χ4n) is 6.07. The van der Waals surface area contributed by atoms with Gasteiger partial charge in [-0.3, -0.25) is 0 Å². The van der Waals surface area contributed by atoms with Crippen molar-refractivity contribution in [3.05, 3.63) is 86.1 Å². The minimum absolute atomic E-state index is 0.535. The van der Waals surface area contributed by atoms with E-state index in [1.165, 1.54) is 42.8 Å². The van der Waals surface area contributed by atoms with E-state index in [-0.39, 0.29) is 0 Å². The second kappa shape index (κ2) is 11.3. The topological polar surface area (TPSA) is 0 Å². The molecule has 3 heteroatoms. The minimum atomic E-state index is -1.66. The molecule has 0 aliphatic rings. The zero-order valence-corrected chi connectivity index (χ0v) is 27.7. The van der Waals surface area contributed by atoms with Crippen LogP contribution in [0.15, 0.2) is 72.8 Å². The van der Waals surface area contributed by atoms with Gasteiger partial charge in [0, 0.05) is 33.2 Å². The van der Waals surface area contributed by atoms with Crippen molar-refractivity contribution in [1.29, 1.82) is 0 Å². The molecule has 0 N–H and O–H groups in total. The lowest BCUT2D eigenvalue weighted by Gasteiger charge is -2.42. The van der Waals surface area contributed by atoms with Crippen molar-refractivity contribution in [2.45, 2.75) is 78.0 Å². The number of hydrogen-bond donors (Lipinski definition) is 0. The predicted octanol–water partition coefficient (Wildman–Crippen LogP) is 9.56. The molecule has 0 heterocycles. The van der Waals surface area contributed by atoms with Crippen molar-refractivity contribution >= 4 is 65.2 Å². The summed E-state index contributed by atoms with van der Waals surface area (Å²) in [6, 6.07) is 27.9. The zero-order valence-electron chi connectivity index (χ0n) is 25.0. The van der Waals surface area contributed by atoms with E-state index >= 15 is 0 Å². The summed E-state index contributed by atoms with van der Waals surface area (Å²) in [7, 11) is -3.94. The average molecular weight is 561 g/mol. The highest BCUT2D eigenvalue weighted by Crippen LogP contribution is 2.66. The van der Waals surface area contributed by atoms with E-state index in [1.54, 1.807) is 0 Å². The zero-order chi connectivity index (χ0) is 28.0. The lowest BCUT2D eigenvalue weighted by atomic mass is 10.1. The van der Waals surface area contributed by atoms with Crippen molar-refractivity contribution in [2.24, 2.45) is 0 Å². The Labute approximate surface area is 235 Å². The summed E-state index contributed by atoms with van der Waals surface area (Å²) in [5.41, 5.74) is 2.14. The number of hydrogen-bond acceptors (Lipinski definition) is 0. The van der Waals surface area contributed by atoms with Gasteiger partial charge in [-0.25, -0.2) is 0 Å². The molecule has 0 radical (unpaired) electrons. The summed E-state index contributed by atoms with van der Waals surface area (Å²) in [5, 5.41) is 11.5. The molecule has 4 aromatic rings. The highest BCUT2D eigenvalue weighted by atomic mass is 31.2. The molecule has 0 spiro atoms. The first kappa shape index (κ1) is 29.7. The van der Waals surface area contributed by atoms with E-state index in [0.717, 1.165) is 0 Å². The molecule has 0 bridgehead atoms. The molecule has 0 aliphatic carbocycles. The van der Waals surface area contributed by atoms with Crippen LogP contribution in [0, 0.1) is 13.3 Å². The number of rotatable bonds is 8. The van der Waals surface area contributed by atoms with Crippen molar-refractivity contribution in [3.63, 3.8) is 0 Å². The van der Waals surface area contributed by atoms with Crippen molar-refractivity contribution in [1.82, 2.24) is 0 Å². The molecule has 4 rings (SSSR count). The normalized spacial score (nSPS) is 13.3. The van der Waals surface area contributed by atoms with Crippen LogP contribution in [-0.4, -0.2) is 29.3 Å². The van der Waals surface area contributed by atoms with Crippen molar-refractivity contribution in [3.8, 4) is 0 Å². The highest BCUT2D eigenvalue weighted by Gasteiger charge is 2.41. The Morgan fingerprint density at radius 1 is 0.500 bits per heavy atom. The van der Waals surface area contributed by atoms with Crippen molar-refractivity contribution < 1.29 is 0 Å². The number of fused-ring (bicyclic) bond motifs is 2. The first-order valence-corrected chi connectivity index (χ1v) is 20.1. The number of benzene rings is 4. The first-order chi connectivity index (χ1) is 17.8. The van der Waals surface area contributed by atoms with Crippen LogP contribution in [0.25, 0.3) is 21.5 Å². The molecule has 0 unspecified atom stereocenters. The average Bonchev–Trinajstić information content (AvgIpc) is 2.89. The van der Waals surface area contributed by atoms with E-state index in [1.807, 2.05) is 0 Å². The third-order valence-electron chi connectivity index (χ3n) is 8.99. The Morgan fingerprint density at radius 2 is 0.763 bits per heavy atom. The molecule has 0 aromatic heterocycles. The fraction of sp³-hybridized carbons (Fsp3) is 0.371. The minimum Gasteiger partial charge on any atom is -0.174 e. The second-order valence-corrected chi connectivity index (χ2v) is 23.1. The quantitative estimate of drug-likeness (QED) is 0.149. The van der Waals surface area contributed by atoms with Crippen LogP contribution >= 0.6 is 22.4 Å². The standard InChI is InChI=1S/C35H47P3/c1-24(2)37(10,25(3)4)34-22-30-18-14-12-16-28(30)20-32(34)36(9)33-21-29-17-13-15-19-31(29)23-35(33)38(11,26(5)6)27(7)8/h12-27H,10-11H2,1-9H3. The predicted molar refractivity (Wildman–Crippen MR) is 184 cm³/mol. The Kier molecular flexibility index (Phi) is 8.81. The summed E-state index contributed by atoms with van der Waals surface area (Å²) in [6.45, 7) is 31.8. The molecule has 0 amide bonds. The molecular formula is C35H47P3. The Balaban J connectivity index is 2.09. The van der Waals surface area contributed by atoms with Crippen LogP contribution in [0.4, 0.5) is 0 Å². The van der Waals surface area contributed by atoms with Gasteiger partial charge in [0.25, 0.3) is 0 Å². The van der Waals surface area contributed by atoms with Gasteiger partial charge < -0.3 is 0 Å². The van der Waals surface area contributed by atoms with Gasteiger partial charge in [0.05, 0.1) is 10.6 Å². The molecule has 0 fully saturated rings. The van der Waals surface area contributed by atoms with Crippen LogP contribution in [0.5, 0.6) is 0 Å². The van der Waals surface area contributed by atoms with Gasteiger partial charge in [0.15, 0.2) is 0 Å². The van der Waals surface area contributed by atoms with Gasteiger partial charge in [0.1, 0.15) is 0 Å². The molecule has 0 saturated carbocycles. The largest absolute Gasteiger partial charge is 0.174 e. The molecule has 0 saturated heterocycles. The van der Waals surface area contributed by atoms with E-state index in [2.05, 4.69) is 135 Å². The third-order valence-corrected chi connectivity index (χ3v) is 21.4. The van der Waals surface area contributed by atoms with Gasteiger partial charge in [-0.15, -0.1) is 0 Å². The maximum Gasteiger partial charge on any atom is 0.0736 e. The summed E-state index contributed by atoms with van der Waals surface area (Å²) in [4.78, 5) is 0. The lowest BCUT2D eigenvalue weighted by molar-refractivity contribution is 1.00. The highest BCUT2D eigenvalue weighted by molar-refractivity contribution is 7.89. The Hall–Kier alpha value is -1.31. The molecule has 0 atom stereocenters. The van der Waals surface area contributed by atoms with Gasteiger partial charge in [-0.2, -0.15) is 13.3 Å². The van der Waals surface area contributed by atoms with E-state index in [0.29, 0.717) is 22.6 Å². The summed E-state index contributed by atoms with van der Waals surface area (Å²) in [5.74, 6) is 0. The fourth-order valence-corrected chi connectivity index (χ4v) is 16.2. The van der Waals surface area contributed by atoms with Gasteiger partial charge >= 0.3 is 0 Å². The van der Waals surface area contributed by atoms with Gasteiger partial charge in [-0.1, -0.05) is 63.1 Å². The third kappa shape index (κ3) is 5.01. The van der Waals surface area contributed by atoms with Crippen LogP contribution in [0.2, 0.25) is 0 Å². The molecule has 4 aromatic carbocycles. The van der Waals surface area contributed by atoms with Gasteiger partial charge in [-0.05, 0) is 116 Å². The molecule has 0 nitrogen and oxygen atoms in total. The Morgan fingerprint density at radius 3 is 1.03 bits per heavy atom. The van der Waals surface area contributed by atoms with Gasteiger partial charge in [0.2, 0.25) is 0 Å². The Bertz CT molecular complexity index is 1300. The summed E-state index contributed by atoms with van der Waals surface area (Å²) >= 11 is 0. The van der Waals surface area contributed by atoms with E-state index in [4.69, 9.17) is 13.3 Å².